The predicted molar refractivity (Wildman–Crippen MR) is 77.3 cm³/mol. The largest absolute Gasteiger partial charge is 0.495 e. The van der Waals surface area contributed by atoms with Gasteiger partial charge < -0.3 is 14.2 Å². The van der Waals surface area contributed by atoms with Gasteiger partial charge in [0.25, 0.3) is 0 Å². The van der Waals surface area contributed by atoms with Gasteiger partial charge in [0.05, 0.1) is 26.3 Å². The number of hydrogen-bond acceptors (Lipinski definition) is 5. The van der Waals surface area contributed by atoms with E-state index in [-0.39, 0.29) is 12.4 Å². The van der Waals surface area contributed by atoms with Gasteiger partial charge >= 0.3 is 5.97 Å². The van der Waals surface area contributed by atoms with Crippen LogP contribution in [0.5, 0.6) is 11.5 Å². The molecule has 0 aliphatic carbocycles. The molecule has 5 nitrogen and oxygen atoms in total. The average Bonchev–Trinajstić information content (AvgIpc) is 2.86. The van der Waals surface area contributed by atoms with E-state index >= 15 is 0 Å². The molecule has 1 aliphatic heterocycles. The first-order valence-electron chi connectivity index (χ1n) is 6.49. The number of aromatic nitrogens is 1. The first kappa shape index (κ1) is 14.8. The summed E-state index contributed by atoms with van der Waals surface area (Å²) in [5.41, 5.74) is 1.87. The summed E-state index contributed by atoms with van der Waals surface area (Å²) < 4.78 is 14.7. The summed E-state index contributed by atoms with van der Waals surface area (Å²) in [6.45, 7) is 0.766. The molecule has 0 unspecified atom stereocenters. The molecule has 1 aromatic carbocycles. The molecule has 0 N–H and O–H groups in total. The van der Waals surface area contributed by atoms with Crippen molar-refractivity contribution in [3.05, 3.63) is 53.9 Å². The van der Waals surface area contributed by atoms with E-state index in [4.69, 9.17) is 9.47 Å². The van der Waals surface area contributed by atoms with Crippen LogP contribution in [-0.2, 0) is 22.6 Å². The van der Waals surface area contributed by atoms with Gasteiger partial charge in [-0.25, -0.2) is 0 Å². The number of pyridine rings is 1. The van der Waals surface area contributed by atoms with Crippen molar-refractivity contribution >= 4 is 5.97 Å². The number of benzene rings is 1. The fourth-order valence-corrected chi connectivity index (χ4v) is 1.84. The normalized spacial score (nSPS) is 11.0. The Kier molecular flexibility index (Phi) is 5.15. The molecule has 2 aromatic rings. The van der Waals surface area contributed by atoms with E-state index < -0.39 is 0 Å². The van der Waals surface area contributed by atoms with Gasteiger partial charge in [0, 0.05) is 6.20 Å². The molecule has 0 atom stereocenters. The highest BCUT2D eigenvalue weighted by Gasteiger charge is 2.08. The molecule has 21 heavy (non-hydrogen) atoms. The number of esters is 1. The van der Waals surface area contributed by atoms with Crippen molar-refractivity contribution in [1.82, 2.24) is 4.98 Å². The number of rotatable bonds is 3. The smallest absolute Gasteiger partial charge is 0.311 e. The summed E-state index contributed by atoms with van der Waals surface area (Å²) in [6.07, 6.45) is 1.75. The van der Waals surface area contributed by atoms with Crippen molar-refractivity contribution in [1.29, 1.82) is 0 Å². The molecule has 0 amide bonds. The Labute approximate surface area is 123 Å². The van der Waals surface area contributed by atoms with Crippen LogP contribution in [0.15, 0.2) is 42.6 Å². The molecule has 2 bridgehead atoms. The lowest BCUT2D eigenvalue weighted by atomic mass is 10.2. The third-order valence-corrected chi connectivity index (χ3v) is 2.91. The molecule has 0 saturated heterocycles. The Morgan fingerprint density at radius 2 is 2.14 bits per heavy atom. The summed E-state index contributed by atoms with van der Waals surface area (Å²) in [7, 11) is 2.88. The third-order valence-electron chi connectivity index (χ3n) is 2.91. The van der Waals surface area contributed by atoms with Crippen LogP contribution in [0.25, 0.3) is 0 Å². The summed E-state index contributed by atoms with van der Waals surface area (Å²) >= 11 is 0. The first-order valence-corrected chi connectivity index (χ1v) is 6.49. The van der Waals surface area contributed by atoms with E-state index in [0.29, 0.717) is 11.4 Å². The summed E-state index contributed by atoms with van der Waals surface area (Å²) in [6, 6.07) is 11.6. The van der Waals surface area contributed by atoms with Gasteiger partial charge in [-0.15, -0.1) is 0 Å². The Bertz CT molecular complexity index is 593. The van der Waals surface area contributed by atoms with E-state index in [1.807, 2.05) is 12.1 Å². The molecule has 0 fully saturated rings. The van der Waals surface area contributed by atoms with Crippen LogP contribution in [-0.4, -0.2) is 25.2 Å². The molecule has 3 rings (SSSR count). The first-order chi connectivity index (χ1) is 10.2. The Morgan fingerprint density at radius 3 is 2.81 bits per heavy atom. The average molecular weight is 287 g/mol. The minimum absolute atomic E-state index is 0.139. The van der Waals surface area contributed by atoms with Crippen LogP contribution in [0.1, 0.15) is 11.3 Å². The van der Waals surface area contributed by atoms with E-state index in [2.05, 4.69) is 21.9 Å². The Balaban J connectivity index is 0.000000170. The number of fused-ring (bicyclic) bond motifs is 2. The highest BCUT2D eigenvalue weighted by molar-refractivity contribution is 5.72. The lowest BCUT2D eigenvalue weighted by Crippen LogP contribution is -2.07. The Morgan fingerprint density at radius 1 is 1.29 bits per heavy atom. The summed E-state index contributed by atoms with van der Waals surface area (Å²) in [4.78, 5) is 14.9. The van der Waals surface area contributed by atoms with Crippen molar-refractivity contribution in [3.63, 3.8) is 0 Å². The predicted octanol–water partition coefficient (Wildman–Crippen LogP) is 2.38. The zero-order valence-electron chi connectivity index (χ0n) is 12.0. The standard InChI is InChI=1S/C9H11NO3.C7H6O/c1-12-8-4-3-5-10-7(8)6-9(11)13-2;1-2-6-4-7(3-1)8-5-6/h3-5H,6H2,1-2H3;1-4H,5H2. The number of nitrogens with zero attached hydrogens (tertiary/aromatic N) is 1. The number of ether oxygens (including phenoxy) is 3. The minimum atomic E-state index is -0.322. The molecule has 0 radical (unpaired) electrons. The molecule has 110 valence electrons. The number of methoxy groups -OCH3 is 2. The van der Waals surface area contributed by atoms with Gasteiger partial charge in [-0.1, -0.05) is 12.1 Å². The molecular formula is C16H17NO4. The van der Waals surface area contributed by atoms with Crippen LogP contribution < -0.4 is 9.47 Å². The Hall–Kier alpha value is -2.56. The van der Waals surface area contributed by atoms with E-state index in [0.717, 1.165) is 12.4 Å². The topological polar surface area (TPSA) is 57.7 Å². The zero-order valence-corrected chi connectivity index (χ0v) is 12.0. The maximum atomic E-state index is 10.9. The van der Waals surface area contributed by atoms with Crippen molar-refractivity contribution in [2.75, 3.05) is 14.2 Å². The third kappa shape index (κ3) is 4.21. The van der Waals surface area contributed by atoms with Crippen LogP contribution in [0.2, 0.25) is 0 Å². The number of carbonyl (C=O) groups excluding carboxylic acids is 1. The maximum absolute atomic E-state index is 10.9. The van der Waals surface area contributed by atoms with Crippen LogP contribution in [0, 0.1) is 0 Å². The van der Waals surface area contributed by atoms with Gasteiger partial charge in [0.2, 0.25) is 0 Å². The molecule has 0 spiro atoms. The van der Waals surface area contributed by atoms with Crippen molar-refractivity contribution in [3.8, 4) is 11.5 Å². The van der Waals surface area contributed by atoms with Gasteiger partial charge in [-0.2, -0.15) is 0 Å². The van der Waals surface area contributed by atoms with Gasteiger partial charge in [0.15, 0.2) is 0 Å². The van der Waals surface area contributed by atoms with E-state index in [1.165, 1.54) is 19.8 Å². The molecule has 2 heterocycles. The quantitative estimate of drug-likeness (QED) is 0.811. The fraction of sp³-hybridized carbons (Fsp3) is 0.250. The summed E-state index contributed by atoms with van der Waals surface area (Å²) in [5, 5.41) is 0. The highest BCUT2D eigenvalue weighted by atomic mass is 16.5. The second-order valence-electron chi connectivity index (χ2n) is 4.34. The highest BCUT2D eigenvalue weighted by Crippen LogP contribution is 2.20. The van der Waals surface area contributed by atoms with E-state index in [1.54, 1.807) is 18.3 Å². The van der Waals surface area contributed by atoms with E-state index in [9.17, 15) is 4.79 Å². The van der Waals surface area contributed by atoms with Gasteiger partial charge in [-0.05, 0) is 29.8 Å². The van der Waals surface area contributed by atoms with Crippen molar-refractivity contribution < 1.29 is 19.0 Å². The second kappa shape index (κ2) is 7.28. The monoisotopic (exact) mass is 287 g/mol. The number of hydrogen-bond donors (Lipinski definition) is 0. The lowest BCUT2D eigenvalue weighted by Gasteiger charge is -2.04. The summed E-state index contributed by atoms with van der Waals surface area (Å²) in [5.74, 6) is 1.28. The molecule has 5 heteroatoms. The van der Waals surface area contributed by atoms with Crippen LogP contribution in [0.3, 0.4) is 0 Å². The fourth-order valence-electron chi connectivity index (χ4n) is 1.84. The second-order valence-corrected chi connectivity index (χ2v) is 4.34. The van der Waals surface area contributed by atoms with Gasteiger partial charge in [0.1, 0.15) is 18.1 Å². The molecule has 1 aromatic heterocycles. The van der Waals surface area contributed by atoms with Crippen molar-refractivity contribution in [2.24, 2.45) is 0 Å². The lowest BCUT2D eigenvalue weighted by molar-refractivity contribution is -0.139. The molecule has 1 aliphatic rings. The van der Waals surface area contributed by atoms with Crippen LogP contribution >= 0.6 is 0 Å². The zero-order chi connectivity index (χ0) is 15.1. The van der Waals surface area contributed by atoms with Gasteiger partial charge in [-0.3, -0.25) is 9.78 Å². The minimum Gasteiger partial charge on any atom is -0.495 e. The SMILES string of the molecule is COC(=O)Cc1ncccc1OC.c1cc2cc(c1)OC2. The molecular weight excluding hydrogens is 270 g/mol. The number of carbonyl (C=O) groups is 1. The van der Waals surface area contributed by atoms with Crippen molar-refractivity contribution in [2.45, 2.75) is 13.0 Å². The van der Waals surface area contributed by atoms with Crippen LogP contribution in [0.4, 0.5) is 0 Å². The maximum Gasteiger partial charge on any atom is 0.311 e. The molecule has 0 saturated carbocycles.